The number of hydrogen-bond acceptors (Lipinski definition) is 6. The minimum absolute atomic E-state index is 0.189. The number of esters is 1. The monoisotopic (exact) mass is 531 g/mol. The summed E-state index contributed by atoms with van der Waals surface area (Å²) in [6.45, 7) is 1.91. The Kier molecular flexibility index (Phi) is 6.79. The van der Waals surface area contributed by atoms with Crippen molar-refractivity contribution in [2.24, 2.45) is 0 Å². The van der Waals surface area contributed by atoms with Crippen LogP contribution in [0.25, 0.3) is 10.9 Å². The molecule has 0 bridgehead atoms. The maximum Gasteiger partial charge on any atom is 0.331 e. The lowest BCUT2D eigenvalue weighted by atomic mass is 9.73. The molecule has 5 rings (SSSR count). The number of fused-ring (bicyclic) bond motifs is 1. The van der Waals surface area contributed by atoms with Crippen molar-refractivity contribution in [1.82, 2.24) is 14.3 Å². The van der Waals surface area contributed by atoms with Crippen molar-refractivity contribution in [3.8, 4) is 0 Å². The summed E-state index contributed by atoms with van der Waals surface area (Å²) in [4.78, 5) is 30.5. The highest BCUT2D eigenvalue weighted by atomic mass is 32.2. The number of aryl methyl sites for hydroxylation is 1. The SMILES string of the molecule is COC(=O)[C@]1(NC(=O)c2ccccn2)CCC[C@H](c2cn(S(=O)(=O)c3ccc(C)cc3)c3ccccc23)C1. The third kappa shape index (κ3) is 4.58. The summed E-state index contributed by atoms with van der Waals surface area (Å²) >= 11 is 0. The summed E-state index contributed by atoms with van der Waals surface area (Å²) in [6, 6.07) is 19.1. The number of carbonyl (C=O) groups excluding carboxylic acids is 2. The van der Waals surface area contributed by atoms with E-state index in [4.69, 9.17) is 4.74 Å². The molecule has 0 unspecified atom stereocenters. The minimum atomic E-state index is -3.86. The minimum Gasteiger partial charge on any atom is -0.467 e. The van der Waals surface area contributed by atoms with Gasteiger partial charge in [0.2, 0.25) is 0 Å². The second-order valence-corrected chi connectivity index (χ2v) is 11.6. The van der Waals surface area contributed by atoms with E-state index >= 15 is 0 Å². The molecule has 2 aromatic heterocycles. The molecule has 1 aliphatic carbocycles. The van der Waals surface area contributed by atoms with E-state index < -0.39 is 27.4 Å². The Morgan fingerprint density at radius 2 is 1.79 bits per heavy atom. The van der Waals surface area contributed by atoms with Crippen LogP contribution in [-0.4, -0.2) is 41.9 Å². The van der Waals surface area contributed by atoms with E-state index in [1.54, 1.807) is 60.8 Å². The average molecular weight is 532 g/mol. The molecule has 38 heavy (non-hydrogen) atoms. The number of hydrogen-bond donors (Lipinski definition) is 1. The molecule has 0 radical (unpaired) electrons. The number of aromatic nitrogens is 2. The Hall–Kier alpha value is -3.98. The van der Waals surface area contributed by atoms with Crippen LogP contribution in [0.4, 0.5) is 0 Å². The highest BCUT2D eigenvalue weighted by molar-refractivity contribution is 7.90. The van der Waals surface area contributed by atoms with Crippen LogP contribution in [0.5, 0.6) is 0 Å². The predicted molar refractivity (Wildman–Crippen MR) is 143 cm³/mol. The van der Waals surface area contributed by atoms with Gasteiger partial charge in [-0.05, 0) is 74.4 Å². The van der Waals surface area contributed by atoms with Gasteiger partial charge in [-0.15, -0.1) is 0 Å². The van der Waals surface area contributed by atoms with Crippen LogP contribution in [0.15, 0.2) is 84.0 Å². The zero-order valence-electron chi connectivity index (χ0n) is 21.3. The first kappa shape index (κ1) is 25.7. The van der Waals surface area contributed by atoms with Crippen LogP contribution >= 0.6 is 0 Å². The van der Waals surface area contributed by atoms with Crippen molar-refractivity contribution in [3.63, 3.8) is 0 Å². The summed E-state index contributed by atoms with van der Waals surface area (Å²) < 4.78 is 33.8. The number of carbonyl (C=O) groups is 2. The number of nitrogens with zero attached hydrogens (tertiary/aromatic N) is 2. The van der Waals surface area contributed by atoms with Gasteiger partial charge in [0.05, 0.1) is 17.5 Å². The van der Waals surface area contributed by atoms with Crippen molar-refractivity contribution in [2.45, 2.75) is 49.0 Å². The van der Waals surface area contributed by atoms with Crippen LogP contribution in [0.1, 0.15) is 53.2 Å². The number of amides is 1. The first-order chi connectivity index (χ1) is 18.2. The van der Waals surface area contributed by atoms with E-state index in [2.05, 4.69) is 10.3 Å². The Morgan fingerprint density at radius 3 is 2.50 bits per heavy atom. The lowest BCUT2D eigenvalue weighted by Gasteiger charge is -2.39. The predicted octanol–water partition coefficient (Wildman–Crippen LogP) is 4.58. The number of nitrogens with one attached hydrogen (secondary N) is 1. The zero-order valence-corrected chi connectivity index (χ0v) is 22.1. The molecular formula is C29H29N3O5S. The largest absolute Gasteiger partial charge is 0.467 e. The van der Waals surface area contributed by atoms with Gasteiger partial charge in [-0.3, -0.25) is 9.78 Å². The molecule has 0 saturated heterocycles. The summed E-state index contributed by atoms with van der Waals surface area (Å²) in [6.07, 6.45) is 5.25. The van der Waals surface area contributed by atoms with Crippen molar-refractivity contribution in [1.29, 1.82) is 0 Å². The smallest absolute Gasteiger partial charge is 0.331 e. The summed E-state index contributed by atoms with van der Waals surface area (Å²) in [5.74, 6) is -1.17. The molecule has 9 heteroatoms. The second-order valence-electron chi connectivity index (χ2n) is 9.75. The van der Waals surface area contributed by atoms with Crippen LogP contribution in [0.2, 0.25) is 0 Å². The van der Waals surface area contributed by atoms with Gasteiger partial charge >= 0.3 is 5.97 Å². The topological polar surface area (TPSA) is 107 Å². The van der Waals surface area contributed by atoms with E-state index in [9.17, 15) is 18.0 Å². The first-order valence-corrected chi connectivity index (χ1v) is 13.9. The number of methoxy groups -OCH3 is 1. The van der Waals surface area contributed by atoms with E-state index in [1.165, 1.54) is 17.3 Å². The fraction of sp³-hybridized carbons (Fsp3) is 0.276. The molecule has 0 aliphatic heterocycles. The molecule has 0 spiro atoms. The summed E-state index contributed by atoms with van der Waals surface area (Å²) in [7, 11) is -2.55. The standard InChI is InChI=1S/C29H29N3O5S/c1-20-12-14-22(15-13-20)38(35,36)32-19-24(23-9-3-4-11-26(23)32)21-8-7-16-29(18-21,28(34)37-2)31-27(33)25-10-5-6-17-30-25/h3-6,9-15,17,19,21H,7-8,16,18H2,1-2H3,(H,31,33)/t21-,29-/m0/s1. The van der Waals surface area contributed by atoms with Gasteiger partial charge in [0.25, 0.3) is 15.9 Å². The van der Waals surface area contributed by atoms with Gasteiger partial charge in [-0.2, -0.15) is 0 Å². The molecule has 1 saturated carbocycles. The Bertz CT molecular complexity index is 1600. The Balaban J connectivity index is 1.55. The van der Waals surface area contributed by atoms with Gasteiger partial charge in [0.1, 0.15) is 11.2 Å². The Labute approximate surface area is 221 Å². The normalized spacial score (nSPS) is 19.7. The maximum absolute atomic E-state index is 13.7. The van der Waals surface area contributed by atoms with Crippen LogP contribution < -0.4 is 5.32 Å². The number of benzene rings is 2. The van der Waals surface area contributed by atoms with E-state index in [0.29, 0.717) is 18.4 Å². The summed E-state index contributed by atoms with van der Waals surface area (Å²) in [5.41, 5.74) is 1.30. The number of ether oxygens (including phenoxy) is 1. The lowest BCUT2D eigenvalue weighted by Crippen LogP contribution is -2.57. The zero-order chi connectivity index (χ0) is 26.9. The molecule has 2 aromatic carbocycles. The fourth-order valence-electron chi connectivity index (χ4n) is 5.39. The molecule has 4 aromatic rings. The number of para-hydroxylation sites is 1. The molecule has 1 aliphatic rings. The lowest BCUT2D eigenvalue weighted by molar-refractivity contribution is -0.150. The molecule has 1 amide bonds. The molecule has 1 N–H and O–H groups in total. The van der Waals surface area contributed by atoms with Gasteiger partial charge < -0.3 is 10.1 Å². The molecule has 2 atom stereocenters. The van der Waals surface area contributed by atoms with Gasteiger partial charge in [0.15, 0.2) is 0 Å². The summed E-state index contributed by atoms with van der Waals surface area (Å²) in [5, 5.41) is 3.71. The van der Waals surface area contributed by atoms with Gasteiger partial charge in [-0.1, -0.05) is 42.0 Å². The average Bonchev–Trinajstić information content (AvgIpc) is 3.34. The van der Waals surface area contributed by atoms with Crippen LogP contribution in [0, 0.1) is 6.92 Å². The molecule has 8 nitrogen and oxygen atoms in total. The van der Waals surface area contributed by atoms with Crippen molar-refractivity contribution < 1.29 is 22.7 Å². The quantitative estimate of drug-likeness (QED) is 0.365. The van der Waals surface area contributed by atoms with Gasteiger partial charge in [0, 0.05) is 17.8 Å². The fourth-order valence-corrected chi connectivity index (χ4v) is 6.77. The molecule has 196 valence electrons. The van der Waals surface area contributed by atoms with Crippen molar-refractivity contribution in [2.75, 3.05) is 7.11 Å². The van der Waals surface area contributed by atoms with E-state index in [1.807, 2.05) is 19.1 Å². The van der Waals surface area contributed by atoms with Gasteiger partial charge in [-0.25, -0.2) is 17.2 Å². The van der Waals surface area contributed by atoms with Crippen LogP contribution in [0.3, 0.4) is 0 Å². The molecular weight excluding hydrogens is 502 g/mol. The third-order valence-corrected chi connectivity index (χ3v) is 8.99. The van der Waals surface area contributed by atoms with Crippen LogP contribution in [-0.2, 0) is 19.6 Å². The van der Waals surface area contributed by atoms with Crippen molar-refractivity contribution >= 4 is 32.8 Å². The van der Waals surface area contributed by atoms with E-state index in [0.717, 1.165) is 22.9 Å². The molecule has 2 heterocycles. The molecule has 1 fully saturated rings. The number of rotatable bonds is 6. The maximum atomic E-state index is 13.7. The second kappa shape index (κ2) is 10.1. The van der Waals surface area contributed by atoms with E-state index in [-0.39, 0.29) is 22.9 Å². The number of pyridine rings is 1. The van der Waals surface area contributed by atoms with Crippen molar-refractivity contribution in [3.05, 3.63) is 95.9 Å². The highest BCUT2D eigenvalue weighted by Crippen LogP contribution is 2.43. The third-order valence-electron chi connectivity index (χ3n) is 7.30. The Morgan fingerprint density at radius 1 is 1.05 bits per heavy atom. The first-order valence-electron chi connectivity index (χ1n) is 12.5. The highest BCUT2D eigenvalue weighted by Gasteiger charge is 2.46.